The number of nitrogens with zero attached hydrogens (tertiary/aromatic N) is 4. The minimum absolute atomic E-state index is 0.0834. The highest BCUT2D eigenvalue weighted by Crippen LogP contribution is 2.48. The largest absolute Gasteiger partial charge is 0.507 e. The fourth-order valence-corrected chi connectivity index (χ4v) is 12.0. The quantitative estimate of drug-likeness (QED) is 0.181. The minimum atomic E-state index is -2.46. The average Bonchev–Trinajstić information content (AvgIpc) is 1.61. The predicted molar refractivity (Wildman–Crippen MR) is 371 cm³/mol. The van der Waals surface area contributed by atoms with Crippen LogP contribution in [0.25, 0.3) is 89.1 Å². The standard InChI is InChI=1S/C81H98N4O/c1-48-33-50(61-27-26-28-69-70(61)83-73(65-46-58(80(20,21)22)47-66(72(65)86)81(23,24)25)85(69)60-41-55(77(11,12)13)38-56(42-60)78(14,15)16)35-51(34-48)67-36-49(31-32-82-67)62-44-57(79(17,18)19)45-64-63-43-52(74(2,3)4)29-30-68(63)84(71(62)64)59-39-53(75(5,6)7)37-54(40-59)76(8,9)10/h26-47,86H,1-25H3/i1D3. The lowest BCUT2D eigenvalue weighted by Crippen LogP contribution is -2.18. The topological polar surface area (TPSA) is 55.9 Å². The summed E-state index contributed by atoms with van der Waals surface area (Å²) in [6.45, 7) is 51.6. The average molecular weight is 1150 g/mol. The minimum Gasteiger partial charge on any atom is -0.507 e. The van der Waals surface area contributed by atoms with E-state index in [1.54, 1.807) is 12.1 Å². The second-order valence-electron chi connectivity index (χ2n) is 33.1. The number of fused-ring (bicyclic) bond motifs is 4. The summed E-state index contributed by atoms with van der Waals surface area (Å²) in [6.07, 6.45) is 1.88. The molecule has 0 saturated heterocycles. The van der Waals surface area contributed by atoms with Crippen molar-refractivity contribution < 1.29 is 9.22 Å². The number of imidazole rings is 1. The lowest BCUT2D eigenvalue weighted by Gasteiger charge is -2.28. The van der Waals surface area contributed by atoms with Crippen LogP contribution in [0.5, 0.6) is 5.75 Å². The number of aromatic nitrogens is 4. The Morgan fingerprint density at radius 1 is 0.384 bits per heavy atom. The van der Waals surface area contributed by atoms with E-state index in [9.17, 15) is 5.11 Å². The van der Waals surface area contributed by atoms with Crippen molar-refractivity contribution in [3.63, 3.8) is 0 Å². The first-order valence-electron chi connectivity index (χ1n) is 32.7. The summed E-state index contributed by atoms with van der Waals surface area (Å²) in [7, 11) is 0. The summed E-state index contributed by atoms with van der Waals surface area (Å²) < 4.78 is 31.9. The van der Waals surface area contributed by atoms with Crippen LogP contribution in [0.4, 0.5) is 0 Å². The van der Waals surface area contributed by atoms with Gasteiger partial charge in [0.2, 0.25) is 0 Å². The molecule has 0 saturated carbocycles. The molecule has 0 aliphatic rings. The van der Waals surface area contributed by atoms with E-state index in [0.717, 1.165) is 55.7 Å². The van der Waals surface area contributed by atoms with Crippen LogP contribution in [0.3, 0.4) is 0 Å². The lowest BCUT2D eigenvalue weighted by molar-refractivity contribution is 0.446. The zero-order valence-electron chi connectivity index (χ0n) is 59.4. The van der Waals surface area contributed by atoms with E-state index in [1.807, 2.05) is 18.3 Å². The highest BCUT2D eigenvalue weighted by molar-refractivity contribution is 6.14. The van der Waals surface area contributed by atoms with E-state index in [0.29, 0.717) is 33.7 Å². The number of pyridine rings is 1. The number of phenols is 1. The van der Waals surface area contributed by atoms with Gasteiger partial charge < -0.3 is 9.67 Å². The Morgan fingerprint density at radius 2 is 0.872 bits per heavy atom. The normalized spacial score (nSPS) is 14.1. The SMILES string of the molecule is [2H]C([2H])([2H])c1cc(-c2cc(-c3cc(C(C)(C)C)cc4c5cc(C(C)(C)C)ccc5n(-c5cc(C(C)(C)C)cc(C(C)(C)C)c5)c34)ccn2)cc(-c2cccc3c2nc(-c2cc(C(C)(C)C)cc(C(C)(C)C)c2O)n3-c2cc(C(C)(C)C)cc(C(C)(C)C)c2)c1. The molecule has 3 aromatic heterocycles. The Kier molecular flexibility index (Phi) is 13.9. The second kappa shape index (κ2) is 20.7. The van der Waals surface area contributed by atoms with Crippen molar-refractivity contribution in [1.82, 2.24) is 19.1 Å². The van der Waals surface area contributed by atoms with E-state index in [1.165, 1.54) is 44.2 Å². The van der Waals surface area contributed by atoms with Gasteiger partial charge in [0, 0.05) is 54.7 Å². The van der Waals surface area contributed by atoms with Crippen molar-refractivity contribution in [2.75, 3.05) is 0 Å². The smallest absolute Gasteiger partial charge is 0.149 e. The van der Waals surface area contributed by atoms with Gasteiger partial charge in [0.1, 0.15) is 11.6 Å². The van der Waals surface area contributed by atoms with Gasteiger partial charge in [0.05, 0.1) is 33.3 Å². The molecule has 0 aliphatic heterocycles. The van der Waals surface area contributed by atoms with E-state index in [4.69, 9.17) is 14.1 Å². The number of rotatable bonds is 6. The van der Waals surface area contributed by atoms with Gasteiger partial charge >= 0.3 is 0 Å². The first kappa shape index (κ1) is 57.8. The number of aromatic hydroxyl groups is 1. The third kappa shape index (κ3) is 11.7. The van der Waals surface area contributed by atoms with E-state index in [-0.39, 0.29) is 49.2 Å². The van der Waals surface area contributed by atoms with Crippen molar-refractivity contribution in [3.8, 4) is 62.0 Å². The summed E-state index contributed by atoms with van der Waals surface area (Å²) in [5.41, 5.74) is 19.3. The van der Waals surface area contributed by atoms with Crippen molar-refractivity contribution in [3.05, 3.63) is 184 Å². The van der Waals surface area contributed by atoms with Gasteiger partial charge in [-0.15, -0.1) is 0 Å². The second-order valence-corrected chi connectivity index (χ2v) is 33.1. The molecule has 1 N–H and O–H groups in total. The molecule has 5 nitrogen and oxygen atoms in total. The Labute approximate surface area is 520 Å². The van der Waals surface area contributed by atoms with Gasteiger partial charge in [-0.25, -0.2) is 4.98 Å². The van der Waals surface area contributed by atoms with Crippen molar-refractivity contribution in [2.24, 2.45) is 0 Å². The molecule has 5 heteroatoms. The van der Waals surface area contributed by atoms with Crippen molar-refractivity contribution in [1.29, 1.82) is 0 Å². The van der Waals surface area contributed by atoms with E-state index >= 15 is 0 Å². The van der Waals surface area contributed by atoms with Gasteiger partial charge in [-0.1, -0.05) is 209 Å². The number of aryl methyl sites for hydroxylation is 1. The number of hydrogen-bond donors (Lipinski definition) is 1. The number of phenolic OH excluding ortho intramolecular Hbond substituents is 1. The molecule has 0 aliphatic carbocycles. The van der Waals surface area contributed by atoms with Crippen LogP contribution in [0.1, 0.15) is 220 Å². The molecular formula is C81H98N4O. The molecule has 86 heavy (non-hydrogen) atoms. The summed E-state index contributed by atoms with van der Waals surface area (Å²) in [4.78, 5) is 10.8. The summed E-state index contributed by atoms with van der Waals surface area (Å²) >= 11 is 0. The van der Waals surface area contributed by atoms with Gasteiger partial charge in [-0.2, -0.15) is 0 Å². The fourth-order valence-electron chi connectivity index (χ4n) is 12.0. The molecule has 0 unspecified atom stereocenters. The third-order valence-electron chi connectivity index (χ3n) is 17.7. The van der Waals surface area contributed by atoms with Crippen LogP contribution in [-0.4, -0.2) is 24.2 Å². The van der Waals surface area contributed by atoms with Crippen LogP contribution >= 0.6 is 0 Å². The van der Waals surface area contributed by atoms with Crippen LogP contribution in [0, 0.1) is 6.85 Å². The first-order chi connectivity index (χ1) is 40.7. The number of hydrogen-bond acceptors (Lipinski definition) is 3. The molecule has 10 rings (SSSR count). The monoisotopic (exact) mass is 1150 g/mol. The molecule has 0 spiro atoms. The Balaban J connectivity index is 1.27. The van der Waals surface area contributed by atoms with E-state index < -0.39 is 12.3 Å². The van der Waals surface area contributed by atoms with Crippen LogP contribution < -0.4 is 0 Å². The molecular weight excluding hydrogens is 1040 g/mol. The molecule has 7 aromatic carbocycles. The van der Waals surface area contributed by atoms with Crippen molar-refractivity contribution in [2.45, 2.75) is 216 Å². The molecule has 448 valence electrons. The van der Waals surface area contributed by atoms with E-state index in [2.05, 4.69) is 278 Å². The zero-order chi connectivity index (χ0) is 65.6. The maximum absolute atomic E-state index is 12.7. The van der Waals surface area contributed by atoms with Gasteiger partial charge in [0.15, 0.2) is 0 Å². The van der Waals surface area contributed by atoms with Crippen LogP contribution in [-0.2, 0) is 43.3 Å². The molecule has 0 amide bonds. The summed E-state index contributed by atoms with van der Waals surface area (Å²) in [5, 5.41) is 15.1. The highest BCUT2D eigenvalue weighted by Gasteiger charge is 2.32. The van der Waals surface area contributed by atoms with Gasteiger partial charge in [-0.05, 0) is 191 Å². The maximum atomic E-state index is 12.7. The molecule has 0 radical (unpaired) electrons. The molecule has 3 heterocycles. The Morgan fingerprint density at radius 3 is 1.40 bits per heavy atom. The third-order valence-corrected chi connectivity index (χ3v) is 17.7. The first-order valence-corrected chi connectivity index (χ1v) is 31.2. The summed E-state index contributed by atoms with van der Waals surface area (Å²) in [5.74, 6) is 0.794. The lowest BCUT2D eigenvalue weighted by atomic mass is 9.78. The Bertz CT molecular complexity index is 4360. The molecule has 0 fully saturated rings. The Hall–Kier alpha value is -7.24. The van der Waals surface area contributed by atoms with Crippen molar-refractivity contribution >= 4 is 32.8 Å². The molecule has 10 aromatic rings. The molecule has 0 atom stereocenters. The zero-order valence-corrected chi connectivity index (χ0v) is 56.4. The fraction of sp³-hybridized carbons (Fsp3) is 0.407. The van der Waals surface area contributed by atoms with Gasteiger partial charge in [-0.3, -0.25) is 9.55 Å². The molecule has 0 bridgehead atoms. The number of para-hydroxylation sites is 1. The van der Waals surface area contributed by atoms with Gasteiger partial charge in [0.25, 0.3) is 0 Å². The van der Waals surface area contributed by atoms with Crippen LogP contribution in [0.2, 0.25) is 0 Å². The number of benzene rings is 7. The highest BCUT2D eigenvalue weighted by atomic mass is 16.3. The van der Waals surface area contributed by atoms with Crippen LogP contribution in [0.15, 0.2) is 134 Å². The predicted octanol–water partition coefficient (Wildman–Crippen LogP) is 22.6. The maximum Gasteiger partial charge on any atom is 0.149 e. The summed E-state index contributed by atoms with van der Waals surface area (Å²) in [6, 6.07) is 46.3.